The average molecular weight is 420 g/mol. The quantitative estimate of drug-likeness (QED) is 0.348. The van der Waals surface area contributed by atoms with Gasteiger partial charge in [-0.1, -0.05) is 61.2 Å². The normalized spacial score (nSPS) is 11.0. The van der Waals surface area contributed by atoms with Gasteiger partial charge >= 0.3 is 0 Å². The van der Waals surface area contributed by atoms with Crippen molar-refractivity contribution in [2.75, 3.05) is 4.90 Å². The van der Waals surface area contributed by atoms with Gasteiger partial charge in [0.2, 0.25) is 5.91 Å². The molecule has 0 bridgehead atoms. The predicted octanol–water partition coefficient (Wildman–Crippen LogP) is 6.23. The third-order valence-electron chi connectivity index (χ3n) is 4.60. The van der Waals surface area contributed by atoms with E-state index in [1.54, 1.807) is 23.6 Å². The second-order valence-corrected chi connectivity index (χ2v) is 8.42. The highest BCUT2D eigenvalue weighted by atomic mass is 32.2. The van der Waals surface area contributed by atoms with E-state index in [9.17, 15) is 4.79 Å². The van der Waals surface area contributed by atoms with Crippen molar-refractivity contribution in [1.82, 2.24) is 9.97 Å². The Bertz CT molecular complexity index is 1160. The summed E-state index contributed by atoms with van der Waals surface area (Å²) in [5.41, 5.74) is 3.99. The standard InChI is InChI=1S/C23H21N3OS2/c1-3-17-8-5-7-11-21(17)26(16(2)27)23-24-19(15-29-23)14-28-22-13-12-18-9-4-6-10-20(18)25-22/h4-13,15H,3,14H2,1-2H3. The summed E-state index contributed by atoms with van der Waals surface area (Å²) in [5.74, 6) is 0.680. The first-order chi connectivity index (χ1) is 14.2. The molecule has 0 N–H and O–H groups in total. The smallest absolute Gasteiger partial charge is 0.230 e. The van der Waals surface area contributed by atoms with Crippen LogP contribution in [0.1, 0.15) is 25.1 Å². The van der Waals surface area contributed by atoms with Gasteiger partial charge in [0.25, 0.3) is 0 Å². The highest BCUT2D eigenvalue weighted by Gasteiger charge is 2.20. The number of nitrogens with zero attached hydrogens (tertiary/aromatic N) is 3. The molecule has 0 saturated heterocycles. The van der Waals surface area contributed by atoms with Crippen molar-refractivity contribution in [3.8, 4) is 0 Å². The molecule has 146 valence electrons. The van der Waals surface area contributed by atoms with Crippen LogP contribution in [0.3, 0.4) is 0 Å². The lowest BCUT2D eigenvalue weighted by Crippen LogP contribution is -2.23. The summed E-state index contributed by atoms with van der Waals surface area (Å²) >= 11 is 3.15. The number of rotatable bonds is 6. The number of carbonyl (C=O) groups is 1. The molecule has 0 aliphatic carbocycles. The monoisotopic (exact) mass is 419 g/mol. The molecule has 4 rings (SSSR count). The molecule has 4 nitrogen and oxygen atoms in total. The van der Waals surface area contributed by atoms with Crippen LogP contribution in [-0.2, 0) is 17.0 Å². The molecular formula is C23H21N3OS2. The van der Waals surface area contributed by atoms with Gasteiger partial charge in [-0.2, -0.15) is 0 Å². The number of benzene rings is 2. The first kappa shape index (κ1) is 19.6. The molecule has 6 heteroatoms. The maximum atomic E-state index is 12.4. The van der Waals surface area contributed by atoms with Crippen LogP contribution in [0.2, 0.25) is 0 Å². The van der Waals surface area contributed by atoms with E-state index in [0.717, 1.165) is 39.3 Å². The fourth-order valence-corrected chi connectivity index (χ4v) is 4.93. The van der Waals surface area contributed by atoms with Crippen LogP contribution in [0, 0.1) is 0 Å². The highest BCUT2D eigenvalue weighted by molar-refractivity contribution is 7.98. The number of hydrogen-bond acceptors (Lipinski definition) is 5. The molecule has 0 radical (unpaired) electrons. The number of aryl methyl sites for hydroxylation is 1. The number of para-hydroxylation sites is 2. The fourth-order valence-electron chi connectivity index (χ4n) is 3.18. The molecule has 2 aromatic heterocycles. The summed E-state index contributed by atoms with van der Waals surface area (Å²) in [6.07, 6.45) is 0.863. The van der Waals surface area contributed by atoms with E-state index >= 15 is 0 Å². The number of amides is 1. The Labute approximate surface area is 178 Å². The van der Waals surface area contributed by atoms with Crippen LogP contribution >= 0.6 is 23.1 Å². The lowest BCUT2D eigenvalue weighted by molar-refractivity contribution is -0.115. The molecule has 0 aliphatic heterocycles. The lowest BCUT2D eigenvalue weighted by Gasteiger charge is -2.20. The maximum Gasteiger partial charge on any atom is 0.230 e. The summed E-state index contributed by atoms with van der Waals surface area (Å²) < 4.78 is 0. The molecule has 0 unspecified atom stereocenters. The number of anilines is 2. The Morgan fingerprint density at radius 2 is 1.83 bits per heavy atom. The van der Waals surface area contributed by atoms with Crippen LogP contribution in [-0.4, -0.2) is 15.9 Å². The molecule has 0 saturated carbocycles. The Hall–Kier alpha value is -2.70. The van der Waals surface area contributed by atoms with Crippen molar-refractivity contribution in [3.63, 3.8) is 0 Å². The molecule has 2 heterocycles. The minimum atomic E-state index is -0.0318. The highest BCUT2D eigenvalue weighted by Crippen LogP contribution is 2.33. The number of aromatic nitrogens is 2. The summed E-state index contributed by atoms with van der Waals surface area (Å²) in [5, 5.41) is 4.84. The first-order valence-electron chi connectivity index (χ1n) is 9.47. The number of thiazole rings is 1. The maximum absolute atomic E-state index is 12.4. The summed E-state index contributed by atoms with van der Waals surface area (Å²) in [4.78, 5) is 23.6. The van der Waals surface area contributed by atoms with E-state index in [1.165, 1.54) is 11.3 Å². The molecular weight excluding hydrogens is 398 g/mol. The van der Waals surface area contributed by atoms with E-state index in [0.29, 0.717) is 10.9 Å². The third-order valence-corrected chi connectivity index (χ3v) is 6.44. The second kappa shape index (κ2) is 8.76. The third kappa shape index (κ3) is 4.33. The molecule has 0 atom stereocenters. The number of hydrogen-bond donors (Lipinski definition) is 0. The fraction of sp³-hybridized carbons (Fsp3) is 0.174. The van der Waals surface area contributed by atoms with E-state index in [-0.39, 0.29) is 5.91 Å². The number of thioether (sulfide) groups is 1. The van der Waals surface area contributed by atoms with Crippen LogP contribution in [0.5, 0.6) is 0 Å². The SMILES string of the molecule is CCc1ccccc1N(C(C)=O)c1nc(CSc2ccc3ccccc3n2)cs1. The average Bonchev–Trinajstić information content (AvgIpc) is 3.21. The van der Waals surface area contributed by atoms with Crippen LogP contribution < -0.4 is 4.90 Å². The van der Waals surface area contributed by atoms with Crippen LogP contribution in [0.15, 0.2) is 71.1 Å². The Morgan fingerprint density at radius 1 is 1.03 bits per heavy atom. The molecule has 2 aromatic carbocycles. The van der Waals surface area contributed by atoms with Gasteiger partial charge in [0.05, 0.1) is 21.9 Å². The zero-order valence-electron chi connectivity index (χ0n) is 16.3. The summed E-state index contributed by atoms with van der Waals surface area (Å²) in [6, 6.07) is 20.2. The van der Waals surface area contributed by atoms with E-state index in [2.05, 4.69) is 25.1 Å². The predicted molar refractivity (Wildman–Crippen MR) is 122 cm³/mol. The minimum absolute atomic E-state index is 0.0318. The van der Waals surface area contributed by atoms with Gasteiger partial charge in [0.15, 0.2) is 5.13 Å². The van der Waals surface area contributed by atoms with Crippen molar-refractivity contribution in [2.24, 2.45) is 0 Å². The number of pyridine rings is 1. The van der Waals surface area contributed by atoms with Gasteiger partial charge < -0.3 is 0 Å². The molecule has 1 amide bonds. The summed E-state index contributed by atoms with van der Waals surface area (Å²) in [7, 11) is 0. The van der Waals surface area contributed by atoms with Crippen LogP contribution in [0.4, 0.5) is 10.8 Å². The Kier molecular flexibility index (Phi) is 5.92. The topological polar surface area (TPSA) is 46.1 Å². The molecule has 4 aromatic rings. The minimum Gasteiger partial charge on any atom is -0.274 e. The van der Waals surface area contributed by atoms with Gasteiger partial charge in [0, 0.05) is 23.4 Å². The molecule has 0 fully saturated rings. The molecule has 0 spiro atoms. The van der Waals surface area contributed by atoms with Crippen LogP contribution in [0.25, 0.3) is 10.9 Å². The Morgan fingerprint density at radius 3 is 2.66 bits per heavy atom. The number of carbonyl (C=O) groups excluding carboxylic acids is 1. The van der Waals surface area contributed by atoms with E-state index in [1.807, 2.05) is 47.8 Å². The van der Waals surface area contributed by atoms with Crippen molar-refractivity contribution in [3.05, 3.63) is 77.3 Å². The van der Waals surface area contributed by atoms with Gasteiger partial charge in [-0.05, 0) is 30.2 Å². The second-order valence-electron chi connectivity index (χ2n) is 6.59. The van der Waals surface area contributed by atoms with Crippen molar-refractivity contribution >= 4 is 50.7 Å². The molecule has 29 heavy (non-hydrogen) atoms. The molecule has 0 aliphatic rings. The number of fused-ring (bicyclic) bond motifs is 1. The van der Waals surface area contributed by atoms with Gasteiger partial charge in [-0.15, -0.1) is 11.3 Å². The van der Waals surface area contributed by atoms with E-state index < -0.39 is 0 Å². The first-order valence-corrected chi connectivity index (χ1v) is 11.3. The van der Waals surface area contributed by atoms with Gasteiger partial charge in [-0.25, -0.2) is 9.97 Å². The van der Waals surface area contributed by atoms with Crippen molar-refractivity contribution < 1.29 is 4.79 Å². The van der Waals surface area contributed by atoms with Gasteiger partial charge in [-0.3, -0.25) is 9.69 Å². The summed E-state index contributed by atoms with van der Waals surface area (Å²) in [6.45, 7) is 3.68. The Balaban J connectivity index is 1.54. The van der Waals surface area contributed by atoms with Crippen molar-refractivity contribution in [1.29, 1.82) is 0 Å². The van der Waals surface area contributed by atoms with Gasteiger partial charge in [0.1, 0.15) is 0 Å². The largest absolute Gasteiger partial charge is 0.274 e. The lowest BCUT2D eigenvalue weighted by atomic mass is 10.1. The van der Waals surface area contributed by atoms with E-state index in [4.69, 9.17) is 9.97 Å². The zero-order valence-corrected chi connectivity index (χ0v) is 18.0. The van der Waals surface area contributed by atoms with Crippen molar-refractivity contribution in [2.45, 2.75) is 31.0 Å². The zero-order chi connectivity index (χ0) is 20.2.